The van der Waals surface area contributed by atoms with Crippen LogP contribution in [0.5, 0.6) is 0 Å². The number of likely N-dealkylation sites (N-methyl/N-ethyl adjacent to an activating group) is 1. The number of hydrogen-bond acceptors (Lipinski definition) is 5. The van der Waals surface area contributed by atoms with Crippen LogP contribution in [0.1, 0.15) is 19.4 Å². The molecule has 1 aromatic heterocycles. The van der Waals surface area contributed by atoms with Gasteiger partial charge in [-0.2, -0.15) is 0 Å². The van der Waals surface area contributed by atoms with Gasteiger partial charge >= 0.3 is 0 Å². The summed E-state index contributed by atoms with van der Waals surface area (Å²) in [6.45, 7) is 6.54. The smallest absolute Gasteiger partial charge is 0.245 e. The maximum atomic E-state index is 13.4. The fraction of sp³-hybridized carbons (Fsp3) is 0.370. The Bertz CT molecular complexity index is 1200. The molecule has 0 spiro atoms. The first-order valence-electron chi connectivity index (χ1n) is 12.3. The van der Waals surface area contributed by atoms with Crippen molar-refractivity contribution in [3.8, 4) is 0 Å². The molecule has 9 heteroatoms. The molecule has 4 rings (SSSR count). The Morgan fingerprint density at radius 3 is 2.50 bits per heavy atom. The van der Waals surface area contributed by atoms with Crippen LogP contribution in [0.25, 0.3) is 10.9 Å². The van der Waals surface area contributed by atoms with Gasteiger partial charge in [0.25, 0.3) is 0 Å². The highest BCUT2D eigenvalue weighted by atomic mass is 16.5. The molecule has 0 aliphatic carbocycles. The van der Waals surface area contributed by atoms with E-state index in [2.05, 4.69) is 20.5 Å². The summed E-state index contributed by atoms with van der Waals surface area (Å²) < 4.78 is 5.39. The number of anilines is 2. The van der Waals surface area contributed by atoms with E-state index in [-0.39, 0.29) is 24.3 Å². The minimum Gasteiger partial charge on any atom is -0.378 e. The fourth-order valence-electron chi connectivity index (χ4n) is 4.48. The van der Waals surface area contributed by atoms with Gasteiger partial charge < -0.3 is 30.2 Å². The molecule has 0 bridgehead atoms. The van der Waals surface area contributed by atoms with Gasteiger partial charge in [0.05, 0.1) is 19.8 Å². The third-order valence-corrected chi connectivity index (χ3v) is 6.33. The van der Waals surface area contributed by atoms with E-state index in [1.54, 1.807) is 0 Å². The standard InChI is InChI=1S/C27H33N5O4/c1-3-31(18-26(34)30-21-8-10-22(11-9-21)32-12-14-36-15-13-32)27(35)25(29-19(2)33)16-20-17-28-24-7-5-4-6-23(20)24/h4-11,17,25,28H,3,12-16,18H2,1-2H3,(H,29,33)(H,30,34). The summed E-state index contributed by atoms with van der Waals surface area (Å²) >= 11 is 0. The molecule has 1 aliphatic rings. The first-order valence-corrected chi connectivity index (χ1v) is 12.3. The second kappa shape index (κ2) is 11.7. The van der Waals surface area contributed by atoms with Crippen molar-refractivity contribution < 1.29 is 19.1 Å². The summed E-state index contributed by atoms with van der Waals surface area (Å²) in [5.41, 5.74) is 3.64. The Labute approximate surface area is 210 Å². The molecule has 0 saturated carbocycles. The van der Waals surface area contributed by atoms with Gasteiger partial charge in [-0.3, -0.25) is 14.4 Å². The first kappa shape index (κ1) is 25.2. The molecule has 3 N–H and O–H groups in total. The second-order valence-electron chi connectivity index (χ2n) is 8.86. The van der Waals surface area contributed by atoms with Gasteiger partial charge in [-0.05, 0) is 42.8 Å². The summed E-state index contributed by atoms with van der Waals surface area (Å²) in [7, 11) is 0. The lowest BCUT2D eigenvalue weighted by Crippen LogP contribution is -2.51. The third-order valence-electron chi connectivity index (χ3n) is 6.33. The van der Waals surface area contributed by atoms with E-state index in [0.29, 0.717) is 31.9 Å². The maximum absolute atomic E-state index is 13.4. The predicted octanol–water partition coefficient (Wildman–Crippen LogP) is 2.54. The lowest BCUT2D eigenvalue weighted by Gasteiger charge is -2.29. The number of nitrogens with one attached hydrogen (secondary N) is 3. The SMILES string of the molecule is CCN(CC(=O)Nc1ccc(N2CCOCC2)cc1)C(=O)C(Cc1c[nH]c2ccccc12)NC(C)=O. The number of carbonyl (C=O) groups excluding carboxylic acids is 3. The van der Waals surface area contributed by atoms with E-state index in [1.807, 2.05) is 61.7 Å². The molecule has 9 nitrogen and oxygen atoms in total. The number of morpholine rings is 1. The average Bonchev–Trinajstić information content (AvgIpc) is 3.30. The average molecular weight is 492 g/mol. The van der Waals surface area contributed by atoms with Crippen molar-refractivity contribution in [3.63, 3.8) is 0 Å². The number of aromatic amines is 1. The second-order valence-corrected chi connectivity index (χ2v) is 8.86. The maximum Gasteiger partial charge on any atom is 0.245 e. The Balaban J connectivity index is 1.40. The Kier molecular flexibility index (Phi) is 8.22. The summed E-state index contributed by atoms with van der Waals surface area (Å²) in [5.74, 6) is -0.886. The number of benzene rings is 2. The number of para-hydroxylation sites is 1. The van der Waals surface area contributed by atoms with Crippen molar-refractivity contribution in [2.45, 2.75) is 26.3 Å². The predicted molar refractivity (Wildman–Crippen MR) is 140 cm³/mol. The van der Waals surface area contributed by atoms with Crippen LogP contribution < -0.4 is 15.5 Å². The summed E-state index contributed by atoms with van der Waals surface area (Å²) in [4.78, 5) is 45.0. The molecule has 2 aromatic carbocycles. The number of amides is 3. The molecule has 1 atom stereocenters. The van der Waals surface area contributed by atoms with Gasteiger partial charge in [0.1, 0.15) is 6.04 Å². The molecule has 1 fully saturated rings. The highest BCUT2D eigenvalue weighted by molar-refractivity contribution is 5.96. The molecule has 3 aromatic rings. The topological polar surface area (TPSA) is 107 Å². The lowest BCUT2D eigenvalue weighted by atomic mass is 10.0. The Hall–Kier alpha value is -3.85. The lowest BCUT2D eigenvalue weighted by molar-refractivity contribution is -0.138. The van der Waals surface area contributed by atoms with Crippen LogP contribution in [0, 0.1) is 0 Å². The molecule has 1 unspecified atom stereocenters. The minimum atomic E-state index is -0.776. The first-order chi connectivity index (χ1) is 17.4. The fourth-order valence-corrected chi connectivity index (χ4v) is 4.48. The number of hydrogen-bond donors (Lipinski definition) is 3. The van der Waals surface area contributed by atoms with Crippen molar-refractivity contribution in [2.75, 3.05) is 49.6 Å². The molecule has 190 valence electrons. The van der Waals surface area contributed by atoms with Crippen molar-refractivity contribution >= 4 is 40.0 Å². The van der Waals surface area contributed by atoms with E-state index in [0.717, 1.165) is 35.2 Å². The molecule has 1 aliphatic heterocycles. The number of rotatable bonds is 9. The van der Waals surface area contributed by atoms with Gasteiger partial charge in [-0.15, -0.1) is 0 Å². The monoisotopic (exact) mass is 491 g/mol. The van der Waals surface area contributed by atoms with E-state index in [1.165, 1.54) is 11.8 Å². The van der Waals surface area contributed by atoms with Gasteiger partial charge in [0, 0.05) is 61.5 Å². The quantitative estimate of drug-likeness (QED) is 0.427. The number of nitrogens with zero attached hydrogens (tertiary/aromatic N) is 2. The number of aromatic nitrogens is 1. The van der Waals surface area contributed by atoms with Crippen molar-refractivity contribution in [2.24, 2.45) is 0 Å². The van der Waals surface area contributed by atoms with Crippen LogP contribution in [-0.2, 0) is 25.5 Å². The normalized spacial score (nSPS) is 14.3. The van der Waals surface area contributed by atoms with Gasteiger partial charge in [-0.25, -0.2) is 0 Å². The van der Waals surface area contributed by atoms with E-state index >= 15 is 0 Å². The van der Waals surface area contributed by atoms with E-state index < -0.39 is 6.04 Å². The van der Waals surface area contributed by atoms with E-state index in [9.17, 15) is 14.4 Å². The largest absolute Gasteiger partial charge is 0.378 e. The molecular formula is C27H33N5O4. The van der Waals surface area contributed by atoms with Crippen LogP contribution >= 0.6 is 0 Å². The number of carbonyl (C=O) groups is 3. The summed E-state index contributed by atoms with van der Waals surface area (Å²) in [5, 5.41) is 6.64. The highest BCUT2D eigenvalue weighted by Crippen LogP contribution is 2.21. The van der Waals surface area contributed by atoms with Crippen LogP contribution in [0.3, 0.4) is 0 Å². The minimum absolute atomic E-state index is 0.107. The number of ether oxygens (including phenoxy) is 1. The highest BCUT2D eigenvalue weighted by Gasteiger charge is 2.27. The number of fused-ring (bicyclic) bond motifs is 1. The zero-order valence-corrected chi connectivity index (χ0v) is 20.8. The van der Waals surface area contributed by atoms with Gasteiger partial charge in [0.15, 0.2) is 0 Å². The summed E-state index contributed by atoms with van der Waals surface area (Å²) in [6, 6.07) is 14.7. The zero-order valence-electron chi connectivity index (χ0n) is 20.8. The zero-order chi connectivity index (χ0) is 25.5. The molecule has 36 heavy (non-hydrogen) atoms. The molecule has 1 saturated heterocycles. The third kappa shape index (κ3) is 6.23. The van der Waals surface area contributed by atoms with Crippen LogP contribution in [0.15, 0.2) is 54.7 Å². The Morgan fingerprint density at radius 2 is 1.81 bits per heavy atom. The van der Waals surface area contributed by atoms with Gasteiger partial charge in [-0.1, -0.05) is 18.2 Å². The van der Waals surface area contributed by atoms with E-state index in [4.69, 9.17) is 4.74 Å². The molecular weight excluding hydrogens is 458 g/mol. The summed E-state index contributed by atoms with van der Waals surface area (Å²) in [6.07, 6.45) is 2.18. The molecule has 2 heterocycles. The Morgan fingerprint density at radius 1 is 1.08 bits per heavy atom. The van der Waals surface area contributed by atoms with Crippen molar-refractivity contribution in [1.82, 2.24) is 15.2 Å². The van der Waals surface area contributed by atoms with Crippen LogP contribution in [-0.4, -0.2) is 73.0 Å². The molecule has 0 radical (unpaired) electrons. The van der Waals surface area contributed by atoms with Crippen LogP contribution in [0.4, 0.5) is 11.4 Å². The van der Waals surface area contributed by atoms with Gasteiger partial charge in [0.2, 0.25) is 17.7 Å². The molecule has 3 amide bonds. The van der Waals surface area contributed by atoms with Crippen molar-refractivity contribution in [3.05, 3.63) is 60.3 Å². The van der Waals surface area contributed by atoms with Crippen molar-refractivity contribution in [1.29, 1.82) is 0 Å². The number of H-pyrrole nitrogens is 1. The van der Waals surface area contributed by atoms with Crippen LogP contribution in [0.2, 0.25) is 0 Å².